The smallest absolute Gasteiger partial charge is 0.328 e. The maximum Gasteiger partial charge on any atom is 0.328 e. The van der Waals surface area contributed by atoms with Gasteiger partial charge in [0.15, 0.2) is 25.0 Å². The molecule has 10 aromatic heterocycles. The molecule has 0 radical (unpaired) electrons. The van der Waals surface area contributed by atoms with Gasteiger partial charge in [0, 0.05) is 40.9 Å². The minimum atomic E-state index is -0.404. The van der Waals surface area contributed by atoms with E-state index in [4.69, 9.17) is 81.7 Å². The minimum absolute atomic E-state index is 0.0178. The molecule has 32 nitrogen and oxygen atoms in total. The maximum absolute atomic E-state index is 12.4. The zero-order chi connectivity index (χ0) is 95.9. The number of nitrogens with zero attached hydrogens (tertiary/aromatic N) is 22. The number of carbonyl (C=O) groups is 5. The first-order chi connectivity index (χ1) is 63.7. The normalized spacial score (nSPS) is 11.0. The summed E-state index contributed by atoms with van der Waals surface area (Å²) in [5.74, 6) is -1.57. The van der Waals surface area contributed by atoms with Crippen molar-refractivity contribution in [1.29, 1.82) is 0 Å². The number of ether oxygens (including phenoxy) is 5. The maximum atomic E-state index is 12.4. The summed E-state index contributed by atoms with van der Waals surface area (Å²) in [7, 11) is 5.18. The van der Waals surface area contributed by atoms with E-state index >= 15 is 0 Å². The summed E-state index contributed by atoms with van der Waals surface area (Å²) in [5.41, 5.74) is 16.8. The Morgan fingerprint density at radius 2 is 0.571 bits per heavy atom. The minimum Gasteiger partial charge on any atom is -0.468 e. The first kappa shape index (κ1) is 103. The molecule has 5 aromatic carbocycles. The number of carbonyl (C=O) groups excluding carboxylic acids is 5. The van der Waals surface area contributed by atoms with Crippen LogP contribution < -0.4 is 0 Å². The van der Waals surface area contributed by atoms with Crippen molar-refractivity contribution < 1.29 is 47.7 Å². The van der Waals surface area contributed by atoms with Gasteiger partial charge < -0.3 is 33.5 Å². The SMILES string of the molecule is CCN(CC)CCOC(=O)Cn1nc(C)c(Cl)c1-c1nnc(-c2cccc(C)c2)s1.CCOC(=O)Cn1nc(C)c(Cl)c1-c1nnc(-c2cccc(C)c2)s1.COC(=O)Cn1nc(C)c(Cl)c1-c1nnc(-c2cccc(C)c2)s1.CSCOC(=O)Cn1nc(C)c(Cl)c1-c1nnc(-c2cccc(C)c2)s1.Cc1cccc(-c2nnc(-c3c(Cl)c(C)nn3CC(=O)OCCN(C)C)s2)c1. The molecule has 43 heteroatoms. The van der Waals surface area contributed by atoms with Crippen molar-refractivity contribution in [2.24, 2.45) is 0 Å². The van der Waals surface area contributed by atoms with Gasteiger partial charge in [-0.15, -0.1) is 62.7 Å². The van der Waals surface area contributed by atoms with E-state index < -0.39 is 5.97 Å². The van der Waals surface area contributed by atoms with Gasteiger partial charge >= 0.3 is 29.8 Å². The Hall–Kier alpha value is -11.0. The molecule has 10 heterocycles. The quantitative estimate of drug-likeness (QED) is 0.0221. The number of aryl methyl sites for hydroxylation is 10. The summed E-state index contributed by atoms with van der Waals surface area (Å²) in [6, 6.07) is 40.2. The molecule has 0 saturated heterocycles. The molecule has 0 unspecified atom stereocenters. The Labute approximate surface area is 818 Å². The predicted molar refractivity (Wildman–Crippen MR) is 527 cm³/mol. The van der Waals surface area contributed by atoms with Crippen LogP contribution in [0.3, 0.4) is 0 Å². The van der Waals surface area contributed by atoms with E-state index in [1.54, 1.807) is 46.2 Å². The molecule has 0 aliphatic carbocycles. The van der Waals surface area contributed by atoms with Crippen LogP contribution in [0.15, 0.2) is 121 Å². The fourth-order valence-corrected chi connectivity index (χ4v) is 18.9. The Balaban J connectivity index is 0.000000160. The summed E-state index contributed by atoms with van der Waals surface area (Å²) in [6.07, 6.45) is 1.86. The molecular weight excluding hydrogens is 1920 g/mol. The highest BCUT2D eigenvalue weighted by Crippen LogP contribution is 2.42. The zero-order valence-corrected chi connectivity index (χ0v) is 84.7. The van der Waals surface area contributed by atoms with Gasteiger partial charge in [-0.05, 0) is 140 Å². The van der Waals surface area contributed by atoms with Gasteiger partial charge in [0.1, 0.15) is 105 Å². The Bertz CT molecular complexity index is 6540. The third-order valence-corrected chi connectivity index (χ3v) is 26.9. The number of hydrogen-bond acceptors (Lipinski definition) is 33. The monoisotopic (exact) mass is 2010 g/mol. The van der Waals surface area contributed by atoms with Crippen LogP contribution in [0.4, 0.5) is 0 Å². The second-order valence-corrected chi connectivity index (χ2v) is 37.6. The van der Waals surface area contributed by atoms with Crippen LogP contribution in [-0.2, 0) is 80.4 Å². The highest BCUT2D eigenvalue weighted by Gasteiger charge is 2.29. The molecule has 0 amide bonds. The summed E-state index contributed by atoms with van der Waals surface area (Å²) >= 11 is 40.6. The molecule has 133 heavy (non-hydrogen) atoms. The van der Waals surface area contributed by atoms with Gasteiger partial charge in [-0.3, -0.25) is 24.0 Å². The van der Waals surface area contributed by atoms with Crippen molar-refractivity contribution >= 4 is 156 Å². The third-order valence-electron chi connectivity index (χ3n) is 19.4. The van der Waals surface area contributed by atoms with Crippen LogP contribution in [0.5, 0.6) is 0 Å². The molecule has 0 spiro atoms. The molecule has 15 rings (SSSR count). The topological polar surface area (TPSA) is 356 Å². The van der Waals surface area contributed by atoms with Crippen molar-refractivity contribution in [2.75, 3.05) is 79.4 Å². The third kappa shape index (κ3) is 27.6. The zero-order valence-electron chi connectivity index (χ0n) is 76.0. The predicted octanol–water partition coefficient (Wildman–Crippen LogP) is 19.3. The largest absolute Gasteiger partial charge is 0.468 e. The average Bonchev–Trinajstić information content (AvgIpc) is 1.66. The van der Waals surface area contributed by atoms with E-state index in [0.717, 1.165) is 93.8 Å². The Morgan fingerprint density at radius 3 is 0.797 bits per heavy atom. The number of aromatic nitrogens is 20. The first-order valence-corrected chi connectivity index (χ1v) is 48.9. The van der Waals surface area contributed by atoms with Crippen LogP contribution >= 0.6 is 126 Å². The van der Waals surface area contributed by atoms with E-state index in [1.807, 2.05) is 169 Å². The van der Waals surface area contributed by atoms with Crippen molar-refractivity contribution in [3.63, 3.8) is 0 Å². The molecule has 0 atom stereocenters. The van der Waals surface area contributed by atoms with Gasteiger partial charge in [0.25, 0.3) is 0 Å². The van der Waals surface area contributed by atoms with E-state index in [-0.39, 0.29) is 56.6 Å². The van der Waals surface area contributed by atoms with Crippen LogP contribution in [0, 0.1) is 69.2 Å². The van der Waals surface area contributed by atoms with Crippen LogP contribution in [0.25, 0.3) is 106 Å². The average molecular weight is 2020 g/mol. The number of rotatable bonds is 31. The number of esters is 5. The summed E-state index contributed by atoms with van der Waals surface area (Å²) < 4.78 is 33.1. The highest BCUT2D eigenvalue weighted by molar-refractivity contribution is 7.98. The summed E-state index contributed by atoms with van der Waals surface area (Å²) in [5, 5.41) is 73.8. The molecule has 0 fully saturated rings. The highest BCUT2D eigenvalue weighted by atomic mass is 35.5. The molecule has 698 valence electrons. The van der Waals surface area contributed by atoms with Crippen molar-refractivity contribution in [3.05, 3.63) is 203 Å². The fourth-order valence-electron chi connectivity index (χ4n) is 12.8. The fraction of sp³-hybridized carbons (Fsp3) is 0.333. The lowest BCUT2D eigenvalue weighted by Crippen LogP contribution is -2.28. The van der Waals surface area contributed by atoms with E-state index in [2.05, 4.69) is 107 Å². The van der Waals surface area contributed by atoms with Crippen LogP contribution in [0.2, 0.25) is 25.1 Å². The van der Waals surface area contributed by atoms with Gasteiger partial charge in [0.2, 0.25) is 0 Å². The van der Waals surface area contributed by atoms with Crippen molar-refractivity contribution in [2.45, 2.75) is 123 Å². The molecule has 0 bridgehead atoms. The number of thioether (sulfide) groups is 1. The molecule has 0 saturated carbocycles. The first-order valence-electron chi connectivity index (χ1n) is 41.5. The van der Waals surface area contributed by atoms with E-state index in [0.29, 0.717) is 146 Å². The summed E-state index contributed by atoms with van der Waals surface area (Å²) in [4.78, 5) is 64.1. The van der Waals surface area contributed by atoms with Gasteiger partial charge in [0.05, 0.1) is 67.3 Å². The molecule has 0 aliphatic rings. The lowest BCUT2D eigenvalue weighted by molar-refractivity contribution is -0.145. The number of methoxy groups -OCH3 is 1. The Kier molecular flexibility index (Phi) is 37.6. The number of hydrogen-bond donors (Lipinski definition) is 0. The second kappa shape index (κ2) is 48.8. The van der Waals surface area contributed by atoms with Gasteiger partial charge in [-0.25, -0.2) is 23.4 Å². The van der Waals surface area contributed by atoms with Gasteiger partial charge in [-0.1, -0.05) is 247 Å². The van der Waals surface area contributed by atoms with Crippen molar-refractivity contribution in [3.8, 4) is 106 Å². The number of benzene rings is 5. The lowest BCUT2D eigenvalue weighted by atomic mass is 10.1. The molecule has 0 aliphatic heterocycles. The van der Waals surface area contributed by atoms with Gasteiger partial charge in [-0.2, -0.15) is 25.5 Å². The Morgan fingerprint density at radius 1 is 0.338 bits per heavy atom. The van der Waals surface area contributed by atoms with Crippen LogP contribution in [0.1, 0.15) is 77.1 Å². The molecule has 0 N–H and O–H groups in total. The standard InChI is InChI=1S/C21H26ClN5O2S.C19H22ClN5O2S.C17H17ClN4O2S2.C17H17ClN4O2S.C16H15ClN4O2S/c1-5-26(6-2)10-11-29-17(28)13-27-19(18(22)15(4)25-27)21-24-23-20(30-21)16-9-7-8-14(3)12-16;1-12-6-5-7-14(10-12)18-21-22-19(28-18)17-16(20)13(2)23-25(17)11-15(26)27-9-8-24(3)4;1-10-5-4-6-12(7-10)16-19-20-17(26-16)15-14(18)11(2)21-22(15)8-13(23)24-9-25-3;1-4-24-13(23)9-22-15(14(18)11(3)21-22)17-20-19-16(25-17)12-7-5-6-10(2)8-12;1-9-5-4-6-11(7-9)15-18-19-16(24-15)14-13(17)10(2)20-21(14)8-12(22)23-3/h7-9,12H,5-6,10-11,13H2,1-4H3;5-7,10H,8-9,11H2,1-4H3;4-7H,8-9H2,1-3H3;5-8H,4,9H2,1-3H3;4-7H,8H2,1-3H3. The second-order valence-electron chi connectivity index (χ2n) is 30.0. The van der Waals surface area contributed by atoms with Crippen LogP contribution in [-0.4, -0.2) is 219 Å². The number of likely N-dealkylation sites (N-methyl/N-ethyl adjacent to an activating group) is 2. The lowest BCUT2D eigenvalue weighted by Gasteiger charge is -2.17. The molecule has 15 aromatic rings. The van der Waals surface area contributed by atoms with Crippen molar-refractivity contribution in [1.82, 2.24) is 110 Å². The van der Waals surface area contributed by atoms with E-state index in [9.17, 15) is 24.0 Å². The number of halogens is 5. The molecular formula is C90H97Cl5N22O10S6. The van der Waals surface area contributed by atoms with E-state index in [1.165, 1.54) is 94.3 Å². The summed E-state index contributed by atoms with van der Waals surface area (Å²) in [6.45, 7) is 29.1.